The van der Waals surface area contributed by atoms with E-state index in [9.17, 15) is 4.79 Å². The molecule has 1 aliphatic rings. The molecule has 45 heavy (non-hydrogen) atoms. The van der Waals surface area contributed by atoms with Crippen LogP contribution in [0.5, 0.6) is 5.75 Å². The summed E-state index contributed by atoms with van der Waals surface area (Å²) in [4.78, 5) is 20.3. The second-order valence-corrected chi connectivity index (χ2v) is 11.5. The number of methoxy groups -OCH3 is 1. The lowest BCUT2D eigenvalue weighted by Gasteiger charge is -2.22. The van der Waals surface area contributed by atoms with Gasteiger partial charge in [-0.05, 0) is 66.8 Å². The number of carbonyl (C=O) groups is 1. The normalized spacial score (nSPS) is 15.3. The van der Waals surface area contributed by atoms with Gasteiger partial charge in [-0.25, -0.2) is 0 Å². The molecule has 0 spiro atoms. The number of hydrogen-bond acceptors (Lipinski definition) is 5. The van der Waals surface area contributed by atoms with Crippen molar-refractivity contribution in [3.8, 4) is 5.75 Å². The topological polar surface area (TPSA) is 113 Å². The van der Waals surface area contributed by atoms with Crippen LogP contribution in [0.3, 0.4) is 0 Å². The number of benzene rings is 3. The van der Waals surface area contributed by atoms with Gasteiger partial charge in [0, 0.05) is 47.0 Å². The highest BCUT2D eigenvalue weighted by atomic mass is 16.5. The zero-order valence-electron chi connectivity index (χ0n) is 24.8. The molecule has 9 heteroatoms. The largest absolute Gasteiger partial charge is 0.497 e. The van der Waals surface area contributed by atoms with Crippen LogP contribution in [0, 0.1) is 0 Å². The molecule has 6 aromatic rings. The highest BCUT2D eigenvalue weighted by molar-refractivity contribution is 5.84. The number of aromatic nitrogens is 5. The molecule has 4 heterocycles. The highest BCUT2D eigenvalue weighted by Crippen LogP contribution is 2.27. The number of H-pyrrole nitrogens is 2. The Hall–Kier alpha value is -4.89. The second-order valence-electron chi connectivity index (χ2n) is 11.5. The SMILES string of the molecule is C.COc1ccc(Cn2c(CCc3c[nH]c4ccccc34)nnc2[C@@H](Cc2c[nH]c3ccccc23)NC(=O)[C@@H]2CCCN2)cc1. The predicted octanol–water partition coefficient (Wildman–Crippen LogP) is 5.87. The lowest BCUT2D eigenvalue weighted by Crippen LogP contribution is -2.43. The van der Waals surface area contributed by atoms with Crippen LogP contribution in [-0.4, -0.2) is 50.3 Å². The van der Waals surface area contributed by atoms with Crippen molar-refractivity contribution in [3.63, 3.8) is 0 Å². The summed E-state index contributed by atoms with van der Waals surface area (Å²) < 4.78 is 7.59. The predicted molar refractivity (Wildman–Crippen MR) is 178 cm³/mol. The molecule has 232 valence electrons. The van der Waals surface area contributed by atoms with E-state index < -0.39 is 0 Å². The number of nitrogens with one attached hydrogen (secondary N) is 4. The summed E-state index contributed by atoms with van der Waals surface area (Å²) in [5.41, 5.74) is 5.69. The molecular formula is C36H41N7O2. The van der Waals surface area contributed by atoms with Gasteiger partial charge in [0.15, 0.2) is 5.82 Å². The third-order valence-corrected chi connectivity index (χ3v) is 8.75. The molecule has 3 aromatic carbocycles. The van der Waals surface area contributed by atoms with E-state index in [1.54, 1.807) is 7.11 Å². The standard InChI is InChI=1S/C35H37N7O2.CH4/c1-44-26-15-12-23(13-16-26)22-42-33(17-14-24-20-37-29-9-4-2-7-27(24)29)40-41-34(42)32(39-35(43)31-11-6-18-36-31)19-25-21-38-30-10-5-3-8-28(25)30;/h2-5,7-10,12-13,15-16,20-21,31-32,36-38H,6,11,14,17-19,22H2,1H3,(H,39,43);1H4/t31-,32+;/m0./s1. The Labute approximate surface area is 263 Å². The van der Waals surface area contributed by atoms with Crippen LogP contribution in [-0.2, 0) is 30.6 Å². The van der Waals surface area contributed by atoms with Gasteiger partial charge in [0.1, 0.15) is 11.6 Å². The first kappa shape index (κ1) is 30.1. The molecule has 1 saturated heterocycles. The van der Waals surface area contributed by atoms with E-state index in [4.69, 9.17) is 14.9 Å². The summed E-state index contributed by atoms with van der Waals surface area (Å²) >= 11 is 0. The van der Waals surface area contributed by atoms with Crippen molar-refractivity contribution < 1.29 is 9.53 Å². The third kappa shape index (κ3) is 6.35. The van der Waals surface area contributed by atoms with Gasteiger partial charge < -0.3 is 29.9 Å². The number of aryl methyl sites for hydroxylation is 2. The van der Waals surface area contributed by atoms with Crippen molar-refractivity contribution in [1.29, 1.82) is 0 Å². The summed E-state index contributed by atoms with van der Waals surface area (Å²) in [6, 6.07) is 24.2. The van der Waals surface area contributed by atoms with Crippen molar-refractivity contribution in [2.75, 3.05) is 13.7 Å². The minimum absolute atomic E-state index is 0. The van der Waals surface area contributed by atoms with Crippen molar-refractivity contribution in [3.05, 3.63) is 114 Å². The average molecular weight is 604 g/mol. The Bertz CT molecular complexity index is 1880. The fourth-order valence-corrected chi connectivity index (χ4v) is 6.37. The van der Waals surface area contributed by atoms with Gasteiger partial charge in [-0.2, -0.15) is 0 Å². The van der Waals surface area contributed by atoms with Gasteiger partial charge in [0.25, 0.3) is 0 Å². The van der Waals surface area contributed by atoms with Gasteiger partial charge in [-0.15, -0.1) is 10.2 Å². The maximum absolute atomic E-state index is 13.5. The van der Waals surface area contributed by atoms with Gasteiger partial charge in [0.2, 0.25) is 5.91 Å². The molecule has 7 rings (SSSR count). The van der Waals surface area contributed by atoms with Crippen molar-refractivity contribution >= 4 is 27.7 Å². The number of carbonyl (C=O) groups excluding carboxylic acids is 1. The lowest BCUT2D eigenvalue weighted by molar-refractivity contribution is -0.123. The maximum Gasteiger partial charge on any atom is 0.237 e. The number of ether oxygens (including phenoxy) is 1. The van der Waals surface area contributed by atoms with Crippen molar-refractivity contribution in [2.45, 2.75) is 58.2 Å². The Balaban J connectivity index is 0.00000357. The van der Waals surface area contributed by atoms with E-state index in [1.807, 2.05) is 36.5 Å². The number of amides is 1. The Morgan fingerprint density at radius 3 is 2.31 bits per heavy atom. The monoisotopic (exact) mass is 603 g/mol. The number of rotatable bonds is 11. The Kier molecular flexibility index (Phi) is 8.98. The van der Waals surface area contributed by atoms with Crippen LogP contribution in [0.2, 0.25) is 0 Å². The van der Waals surface area contributed by atoms with Crippen LogP contribution in [0.1, 0.15) is 54.6 Å². The highest BCUT2D eigenvalue weighted by Gasteiger charge is 2.29. The van der Waals surface area contributed by atoms with Crippen LogP contribution >= 0.6 is 0 Å². The molecular weight excluding hydrogens is 562 g/mol. The second kappa shape index (κ2) is 13.4. The molecule has 3 aromatic heterocycles. The van der Waals surface area contributed by atoms with E-state index in [0.29, 0.717) is 19.4 Å². The molecule has 0 saturated carbocycles. The fraction of sp³-hybridized carbons (Fsp3) is 0.306. The van der Waals surface area contributed by atoms with Gasteiger partial charge in [0.05, 0.1) is 25.7 Å². The molecule has 0 radical (unpaired) electrons. The lowest BCUT2D eigenvalue weighted by atomic mass is 10.0. The van der Waals surface area contributed by atoms with E-state index >= 15 is 0 Å². The Morgan fingerprint density at radius 2 is 1.62 bits per heavy atom. The van der Waals surface area contributed by atoms with E-state index in [2.05, 4.69) is 73.8 Å². The minimum Gasteiger partial charge on any atom is -0.497 e. The number of para-hydroxylation sites is 2. The number of nitrogens with zero attached hydrogens (tertiary/aromatic N) is 3. The molecule has 4 N–H and O–H groups in total. The first-order valence-corrected chi connectivity index (χ1v) is 15.3. The van der Waals surface area contributed by atoms with Crippen molar-refractivity contribution in [2.24, 2.45) is 0 Å². The first-order valence-electron chi connectivity index (χ1n) is 15.3. The Morgan fingerprint density at radius 1 is 0.933 bits per heavy atom. The molecule has 1 aliphatic heterocycles. The van der Waals surface area contributed by atoms with E-state index in [-0.39, 0.29) is 25.4 Å². The van der Waals surface area contributed by atoms with E-state index in [1.165, 1.54) is 10.9 Å². The summed E-state index contributed by atoms with van der Waals surface area (Å²) in [5.74, 6) is 2.46. The molecule has 0 unspecified atom stereocenters. The summed E-state index contributed by atoms with van der Waals surface area (Å²) in [5, 5.41) is 18.6. The zero-order valence-corrected chi connectivity index (χ0v) is 24.8. The maximum atomic E-state index is 13.5. The molecule has 0 bridgehead atoms. The number of fused-ring (bicyclic) bond motifs is 2. The van der Waals surface area contributed by atoms with Gasteiger partial charge in [-0.3, -0.25) is 4.79 Å². The zero-order chi connectivity index (χ0) is 29.9. The first-order chi connectivity index (χ1) is 21.7. The minimum atomic E-state index is -0.364. The van der Waals surface area contributed by atoms with Crippen molar-refractivity contribution in [1.82, 2.24) is 35.4 Å². The summed E-state index contributed by atoms with van der Waals surface area (Å²) in [6.07, 6.45) is 8.08. The van der Waals surface area contributed by atoms with Gasteiger partial charge in [-0.1, -0.05) is 56.0 Å². The fourth-order valence-electron chi connectivity index (χ4n) is 6.37. The third-order valence-electron chi connectivity index (χ3n) is 8.75. The number of hydrogen-bond donors (Lipinski definition) is 4. The summed E-state index contributed by atoms with van der Waals surface area (Å²) in [7, 11) is 1.67. The van der Waals surface area contributed by atoms with Crippen LogP contribution < -0.4 is 15.4 Å². The molecule has 2 atom stereocenters. The van der Waals surface area contributed by atoms with E-state index in [0.717, 1.165) is 70.8 Å². The molecule has 9 nitrogen and oxygen atoms in total. The molecule has 0 aliphatic carbocycles. The molecule has 1 amide bonds. The number of aromatic amines is 2. The quantitative estimate of drug-likeness (QED) is 0.148. The van der Waals surface area contributed by atoms with Crippen LogP contribution in [0.4, 0.5) is 0 Å². The molecule has 1 fully saturated rings. The van der Waals surface area contributed by atoms with Crippen LogP contribution in [0.25, 0.3) is 21.8 Å². The smallest absolute Gasteiger partial charge is 0.237 e. The van der Waals surface area contributed by atoms with Crippen LogP contribution in [0.15, 0.2) is 85.2 Å². The average Bonchev–Trinajstić information content (AvgIpc) is 3.88. The van der Waals surface area contributed by atoms with Gasteiger partial charge >= 0.3 is 0 Å². The summed E-state index contributed by atoms with van der Waals surface area (Å²) in [6.45, 7) is 1.44.